The molecule has 5 heteroatoms. The maximum Gasteiger partial charge on any atom is 0.513 e. The molecule has 0 N–H and O–H groups in total. The maximum atomic E-state index is 11.7. The van der Waals surface area contributed by atoms with Crippen LogP contribution in [-0.4, -0.2) is 25.9 Å². The van der Waals surface area contributed by atoms with E-state index in [1.165, 1.54) is 5.56 Å². The number of likely N-dealkylation sites (N-methyl/N-ethyl adjacent to an activating group) is 1. The molecule has 0 bridgehead atoms. The largest absolute Gasteiger partial charge is 0.513 e. The monoisotopic (exact) mass is 347 g/mol. The highest BCUT2D eigenvalue weighted by Gasteiger charge is 2.09. The van der Waals surface area contributed by atoms with Crippen LogP contribution in [0.25, 0.3) is 0 Å². The maximum absolute atomic E-state index is 11.7. The highest BCUT2D eigenvalue weighted by atomic mass is 35.5. The zero-order valence-electron chi connectivity index (χ0n) is 14.0. The molecule has 2 rings (SSSR count). The summed E-state index contributed by atoms with van der Waals surface area (Å²) in [4.78, 5) is 13.8. The number of halogens is 1. The van der Waals surface area contributed by atoms with Crippen molar-refractivity contribution in [1.82, 2.24) is 0 Å². The predicted octanol–water partition coefficient (Wildman–Crippen LogP) is 4.94. The van der Waals surface area contributed by atoms with E-state index in [2.05, 4.69) is 11.8 Å². The van der Waals surface area contributed by atoms with Gasteiger partial charge in [-0.15, -0.1) is 0 Å². The van der Waals surface area contributed by atoms with Crippen molar-refractivity contribution in [2.75, 3.05) is 24.6 Å². The Morgan fingerprint density at radius 1 is 1.12 bits per heavy atom. The number of rotatable bonds is 7. The summed E-state index contributed by atoms with van der Waals surface area (Å²) in [6.07, 6.45) is 0.252. The average Bonchev–Trinajstić information content (AvgIpc) is 2.59. The van der Waals surface area contributed by atoms with Gasteiger partial charge in [0, 0.05) is 17.3 Å². The minimum Gasteiger partial charge on any atom is -0.432 e. The van der Waals surface area contributed by atoms with Gasteiger partial charge < -0.3 is 14.4 Å². The van der Waals surface area contributed by atoms with Crippen molar-refractivity contribution in [3.8, 4) is 5.75 Å². The van der Waals surface area contributed by atoms with Gasteiger partial charge in [-0.3, -0.25) is 0 Å². The Labute approximate surface area is 147 Å². The predicted molar refractivity (Wildman–Crippen MR) is 97.1 cm³/mol. The van der Waals surface area contributed by atoms with Crippen LogP contribution in [0, 0.1) is 0 Å². The Bertz CT molecular complexity index is 658. The molecule has 0 heterocycles. The second-order valence-corrected chi connectivity index (χ2v) is 5.69. The van der Waals surface area contributed by atoms with Gasteiger partial charge in [0.2, 0.25) is 0 Å². The van der Waals surface area contributed by atoms with Crippen molar-refractivity contribution in [3.63, 3.8) is 0 Å². The number of carbonyl (C=O) groups is 1. The quantitative estimate of drug-likeness (QED) is 0.525. The molecular formula is C19H22ClNO3. The van der Waals surface area contributed by atoms with E-state index in [1.807, 2.05) is 43.3 Å². The minimum absolute atomic E-state index is 0.242. The molecule has 0 fully saturated rings. The van der Waals surface area contributed by atoms with Gasteiger partial charge >= 0.3 is 6.16 Å². The molecule has 0 saturated carbocycles. The Kier molecular flexibility index (Phi) is 6.94. The highest BCUT2D eigenvalue weighted by molar-refractivity contribution is 6.30. The molecule has 0 radical (unpaired) electrons. The van der Waals surface area contributed by atoms with Crippen LogP contribution >= 0.6 is 11.6 Å². The van der Waals surface area contributed by atoms with E-state index in [9.17, 15) is 4.79 Å². The van der Waals surface area contributed by atoms with Crippen LogP contribution in [0.3, 0.4) is 0 Å². The number of benzene rings is 2. The Balaban J connectivity index is 1.80. The van der Waals surface area contributed by atoms with Gasteiger partial charge in [-0.25, -0.2) is 4.79 Å². The van der Waals surface area contributed by atoms with Crippen LogP contribution in [0.1, 0.15) is 19.4 Å². The first-order valence-corrected chi connectivity index (χ1v) is 8.44. The van der Waals surface area contributed by atoms with E-state index < -0.39 is 6.16 Å². The Morgan fingerprint density at radius 3 is 2.50 bits per heavy atom. The van der Waals surface area contributed by atoms with Crippen molar-refractivity contribution in [1.29, 1.82) is 0 Å². The minimum atomic E-state index is -0.693. The summed E-state index contributed by atoms with van der Waals surface area (Å²) in [5, 5.41) is 0.682. The summed E-state index contributed by atoms with van der Waals surface area (Å²) >= 11 is 6.01. The molecule has 0 aliphatic carbocycles. The lowest BCUT2D eigenvalue weighted by atomic mass is 10.2. The number of carbonyl (C=O) groups excluding carboxylic acids is 1. The third kappa shape index (κ3) is 5.46. The molecule has 2 aromatic carbocycles. The summed E-state index contributed by atoms with van der Waals surface area (Å²) in [6.45, 7) is 5.71. The fraction of sp³-hybridized carbons (Fsp3) is 0.316. The number of hydrogen-bond donors (Lipinski definition) is 0. The summed E-state index contributed by atoms with van der Waals surface area (Å²) in [7, 11) is 0. The average molecular weight is 348 g/mol. The lowest BCUT2D eigenvalue weighted by Crippen LogP contribution is -2.28. The van der Waals surface area contributed by atoms with E-state index >= 15 is 0 Å². The summed E-state index contributed by atoms with van der Waals surface area (Å²) in [6, 6.07) is 15.0. The van der Waals surface area contributed by atoms with Crippen molar-refractivity contribution in [3.05, 3.63) is 59.1 Å². The van der Waals surface area contributed by atoms with E-state index in [0.717, 1.165) is 18.7 Å². The van der Waals surface area contributed by atoms with Gasteiger partial charge in [0.1, 0.15) is 12.4 Å². The standard InChI is InChI=1S/C19H22ClNO3/c1-3-15-8-10-18(11-9-15)24-19(22)23-13-12-21(4-2)17-7-5-6-16(20)14-17/h5-11,14H,3-4,12-13H2,1-2H3. The first kappa shape index (κ1) is 18.1. The topological polar surface area (TPSA) is 38.8 Å². The van der Waals surface area contributed by atoms with E-state index in [-0.39, 0.29) is 6.61 Å². The fourth-order valence-corrected chi connectivity index (χ4v) is 2.49. The van der Waals surface area contributed by atoms with Crippen LogP contribution in [0.2, 0.25) is 5.02 Å². The molecule has 0 aliphatic heterocycles. The van der Waals surface area contributed by atoms with Gasteiger partial charge in [0.05, 0.1) is 6.54 Å². The number of ether oxygens (including phenoxy) is 2. The molecule has 0 atom stereocenters. The van der Waals surface area contributed by atoms with Gasteiger partial charge in [-0.05, 0) is 49.2 Å². The first-order valence-electron chi connectivity index (χ1n) is 8.06. The fourth-order valence-electron chi connectivity index (χ4n) is 2.30. The molecule has 128 valence electrons. The summed E-state index contributed by atoms with van der Waals surface area (Å²) in [5.41, 5.74) is 2.19. The van der Waals surface area contributed by atoms with Gasteiger partial charge in [0.25, 0.3) is 0 Å². The van der Waals surface area contributed by atoms with Crippen molar-refractivity contribution < 1.29 is 14.3 Å². The summed E-state index contributed by atoms with van der Waals surface area (Å²) in [5.74, 6) is 0.486. The first-order chi connectivity index (χ1) is 11.6. The number of nitrogens with zero attached hydrogens (tertiary/aromatic N) is 1. The van der Waals surface area contributed by atoms with Gasteiger partial charge in [-0.2, -0.15) is 0 Å². The van der Waals surface area contributed by atoms with Crippen LogP contribution in [0.5, 0.6) is 5.75 Å². The lowest BCUT2D eigenvalue weighted by molar-refractivity contribution is 0.101. The SMILES string of the molecule is CCc1ccc(OC(=O)OCCN(CC)c2cccc(Cl)c2)cc1. The summed E-state index contributed by atoms with van der Waals surface area (Å²) < 4.78 is 10.3. The van der Waals surface area contributed by atoms with Crippen molar-refractivity contribution in [2.45, 2.75) is 20.3 Å². The highest BCUT2D eigenvalue weighted by Crippen LogP contribution is 2.19. The zero-order valence-corrected chi connectivity index (χ0v) is 14.8. The Morgan fingerprint density at radius 2 is 1.88 bits per heavy atom. The van der Waals surface area contributed by atoms with Crippen LogP contribution in [0.15, 0.2) is 48.5 Å². The molecule has 0 aliphatic rings. The van der Waals surface area contributed by atoms with E-state index in [4.69, 9.17) is 21.1 Å². The van der Waals surface area contributed by atoms with E-state index in [0.29, 0.717) is 17.3 Å². The van der Waals surface area contributed by atoms with Gasteiger partial charge in [-0.1, -0.05) is 36.7 Å². The molecule has 0 unspecified atom stereocenters. The third-order valence-electron chi connectivity index (χ3n) is 3.67. The van der Waals surface area contributed by atoms with Crippen LogP contribution in [0.4, 0.5) is 10.5 Å². The molecule has 0 amide bonds. The molecule has 24 heavy (non-hydrogen) atoms. The molecule has 0 spiro atoms. The number of anilines is 1. The molecule has 4 nitrogen and oxygen atoms in total. The molecule has 0 aromatic heterocycles. The molecular weight excluding hydrogens is 326 g/mol. The molecule has 0 saturated heterocycles. The molecule has 2 aromatic rings. The van der Waals surface area contributed by atoms with Crippen LogP contribution in [-0.2, 0) is 11.2 Å². The number of aryl methyl sites for hydroxylation is 1. The number of hydrogen-bond acceptors (Lipinski definition) is 4. The van der Waals surface area contributed by atoms with Crippen molar-refractivity contribution >= 4 is 23.4 Å². The normalized spacial score (nSPS) is 10.3. The smallest absolute Gasteiger partial charge is 0.432 e. The van der Waals surface area contributed by atoms with Gasteiger partial charge in [0.15, 0.2) is 0 Å². The zero-order chi connectivity index (χ0) is 17.4. The van der Waals surface area contributed by atoms with Crippen molar-refractivity contribution in [2.24, 2.45) is 0 Å². The lowest BCUT2D eigenvalue weighted by Gasteiger charge is -2.22. The second kappa shape index (κ2) is 9.18. The van der Waals surface area contributed by atoms with Crippen LogP contribution < -0.4 is 9.64 Å². The van der Waals surface area contributed by atoms with E-state index in [1.54, 1.807) is 12.1 Å². The Hall–Kier alpha value is -2.20. The third-order valence-corrected chi connectivity index (χ3v) is 3.90. The second-order valence-electron chi connectivity index (χ2n) is 5.26.